The van der Waals surface area contributed by atoms with Gasteiger partial charge in [-0.25, -0.2) is 8.78 Å². The number of halogens is 2. The summed E-state index contributed by atoms with van der Waals surface area (Å²) in [4.78, 5) is 27.2. The molecular formula is C38H36F2N3O4+. The van der Waals surface area contributed by atoms with Gasteiger partial charge < -0.3 is 20.0 Å². The third kappa shape index (κ3) is 5.23. The predicted molar refractivity (Wildman–Crippen MR) is 178 cm³/mol. The lowest BCUT2D eigenvalue weighted by Crippen LogP contribution is -2.34. The van der Waals surface area contributed by atoms with E-state index in [1.54, 1.807) is 21.9 Å². The molecule has 0 saturated carbocycles. The molecule has 2 aliphatic rings. The zero-order valence-corrected chi connectivity index (χ0v) is 26.6. The van der Waals surface area contributed by atoms with E-state index in [4.69, 9.17) is 0 Å². The van der Waals surface area contributed by atoms with Gasteiger partial charge in [-0.05, 0) is 62.4 Å². The number of aryl methyl sites for hydroxylation is 3. The number of fused-ring (bicyclic) bond motifs is 2. The molecule has 2 N–H and O–H groups in total. The van der Waals surface area contributed by atoms with E-state index in [2.05, 4.69) is 12.1 Å². The molecule has 4 aromatic carbocycles. The number of hydrogen-bond donors (Lipinski definition) is 2. The first kappa shape index (κ1) is 30.6. The molecule has 47 heavy (non-hydrogen) atoms. The summed E-state index contributed by atoms with van der Waals surface area (Å²) in [6, 6.07) is 20.4. The van der Waals surface area contributed by atoms with E-state index in [0.29, 0.717) is 64.7 Å². The average Bonchev–Trinajstić information content (AvgIpc) is 3.72. The van der Waals surface area contributed by atoms with Crippen molar-refractivity contribution in [1.82, 2.24) is 0 Å². The van der Waals surface area contributed by atoms with E-state index < -0.39 is 35.4 Å². The molecule has 0 amide bonds. The van der Waals surface area contributed by atoms with E-state index in [9.17, 15) is 19.8 Å². The Balaban J connectivity index is 1.60. The van der Waals surface area contributed by atoms with E-state index in [-0.39, 0.29) is 13.1 Å². The van der Waals surface area contributed by atoms with Gasteiger partial charge in [-0.3, -0.25) is 9.59 Å². The zero-order chi connectivity index (χ0) is 33.1. The molecule has 2 fully saturated rings. The molecule has 0 radical (unpaired) electrons. The Bertz CT molecular complexity index is 1980. The Morgan fingerprint density at radius 3 is 1.60 bits per heavy atom. The Labute approximate surface area is 271 Å². The molecule has 7 nitrogen and oxygen atoms in total. The van der Waals surface area contributed by atoms with Crippen molar-refractivity contribution in [2.24, 2.45) is 11.8 Å². The van der Waals surface area contributed by atoms with Crippen LogP contribution in [0.2, 0.25) is 0 Å². The van der Waals surface area contributed by atoms with Crippen molar-refractivity contribution in [2.45, 2.75) is 33.6 Å². The lowest BCUT2D eigenvalue weighted by atomic mass is 9.88. The third-order valence-electron chi connectivity index (χ3n) is 9.85. The normalized spacial score (nSPS) is 18.1. The molecule has 0 spiro atoms. The first-order chi connectivity index (χ1) is 22.5. The maximum absolute atomic E-state index is 16.3. The minimum atomic E-state index is -0.895. The Hall–Kier alpha value is -5.05. The molecule has 0 aliphatic carbocycles. The summed E-state index contributed by atoms with van der Waals surface area (Å²) in [6.07, 6.45) is 0.845. The van der Waals surface area contributed by atoms with Gasteiger partial charge in [0, 0.05) is 56.0 Å². The molecule has 0 unspecified atom stereocenters. The molecule has 2 atom stereocenters. The fourth-order valence-electron chi connectivity index (χ4n) is 7.69. The number of rotatable bonds is 6. The van der Waals surface area contributed by atoms with Gasteiger partial charge in [0.2, 0.25) is 16.7 Å². The van der Waals surface area contributed by atoms with Crippen molar-refractivity contribution in [3.05, 3.63) is 95.1 Å². The maximum atomic E-state index is 16.3. The van der Waals surface area contributed by atoms with Gasteiger partial charge in [0.1, 0.15) is 11.6 Å². The highest BCUT2D eigenvalue weighted by molar-refractivity contribution is 6.10. The fourth-order valence-corrected chi connectivity index (χ4v) is 7.69. The molecule has 2 aliphatic heterocycles. The molecule has 240 valence electrons. The number of carboxylic acids is 2. The number of anilines is 2. The highest BCUT2D eigenvalue weighted by Gasteiger charge is 2.34. The monoisotopic (exact) mass is 636 g/mol. The van der Waals surface area contributed by atoms with E-state index in [1.165, 1.54) is 12.1 Å². The van der Waals surface area contributed by atoms with Crippen LogP contribution in [0.1, 0.15) is 29.5 Å². The number of pyridine rings is 1. The second kappa shape index (κ2) is 11.6. The summed E-state index contributed by atoms with van der Waals surface area (Å²) < 4.78 is 34.6. The van der Waals surface area contributed by atoms with Crippen LogP contribution in [0.5, 0.6) is 0 Å². The van der Waals surface area contributed by atoms with Gasteiger partial charge in [-0.15, -0.1) is 0 Å². The predicted octanol–water partition coefficient (Wildman–Crippen LogP) is 6.96. The van der Waals surface area contributed by atoms with Gasteiger partial charge in [-0.1, -0.05) is 35.9 Å². The lowest BCUT2D eigenvalue weighted by molar-refractivity contribution is -0.537. The summed E-state index contributed by atoms with van der Waals surface area (Å²) in [7, 11) is 0. The third-order valence-corrected chi connectivity index (χ3v) is 9.85. The van der Waals surface area contributed by atoms with Gasteiger partial charge >= 0.3 is 11.9 Å². The van der Waals surface area contributed by atoms with Gasteiger partial charge in [0.15, 0.2) is 0 Å². The van der Waals surface area contributed by atoms with Crippen LogP contribution in [0, 0.1) is 44.2 Å². The van der Waals surface area contributed by atoms with E-state index >= 15 is 8.78 Å². The molecule has 3 heterocycles. The van der Waals surface area contributed by atoms with Gasteiger partial charge in [0.25, 0.3) is 0 Å². The quantitative estimate of drug-likeness (QED) is 0.155. The van der Waals surface area contributed by atoms with Crippen molar-refractivity contribution in [3.8, 4) is 16.8 Å². The van der Waals surface area contributed by atoms with Crippen LogP contribution < -0.4 is 14.4 Å². The van der Waals surface area contributed by atoms with E-state index in [0.717, 1.165) is 27.9 Å². The smallest absolute Gasteiger partial charge is 0.308 e. The van der Waals surface area contributed by atoms with Crippen LogP contribution in [0.4, 0.5) is 20.2 Å². The topological polar surface area (TPSA) is 85.0 Å². The van der Waals surface area contributed by atoms with Crippen molar-refractivity contribution in [1.29, 1.82) is 0 Å². The first-order valence-electron chi connectivity index (χ1n) is 16.0. The minimum Gasteiger partial charge on any atom is -0.481 e. The number of hydrogen-bond acceptors (Lipinski definition) is 4. The van der Waals surface area contributed by atoms with Crippen LogP contribution >= 0.6 is 0 Å². The van der Waals surface area contributed by atoms with Gasteiger partial charge in [0.05, 0.1) is 34.0 Å². The molecule has 7 rings (SSSR count). The Morgan fingerprint density at radius 1 is 0.702 bits per heavy atom. The summed E-state index contributed by atoms with van der Waals surface area (Å²) in [5.74, 6) is -3.91. The molecule has 2 saturated heterocycles. The molecule has 1 aromatic heterocycles. The van der Waals surface area contributed by atoms with Crippen LogP contribution in [0.15, 0.2) is 66.7 Å². The highest BCUT2D eigenvalue weighted by Crippen LogP contribution is 2.43. The molecule has 0 bridgehead atoms. The van der Waals surface area contributed by atoms with Crippen LogP contribution in [0.3, 0.4) is 0 Å². The molecular weight excluding hydrogens is 600 g/mol. The van der Waals surface area contributed by atoms with Crippen molar-refractivity contribution in [3.63, 3.8) is 0 Å². The number of aliphatic carboxylic acids is 2. The van der Waals surface area contributed by atoms with Gasteiger partial charge in [-0.2, -0.15) is 4.57 Å². The number of carbonyl (C=O) groups is 2. The summed E-state index contributed by atoms with van der Waals surface area (Å²) in [5, 5.41) is 20.5. The van der Waals surface area contributed by atoms with Crippen molar-refractivity contribution < 1.29 is 33.2 Å². The number of para-hydroxylation sites is 1. The summed E-state index contributed by atoms with van der Waals surface area (Å²) in [5.41, 5.74) is 7.45. The Kier molecular flexibility index (Phi) is 7.57. The summed E-state index contributed by atoms with van der Waals surface area (Å²) in [6.45, 7) is 7.27. The molecule has 5 aromatic rings. The second-order valence-electron chi connectivity index (χ2n) is 13.0. The standard InChI is InChI=1S/C38H35F2N3O4/c1-21-13-22(2)35(23(3)14-21)36-27-15-29(39)33(41-11-9-24(19-41)37(44)45)17-31(27)43(26-7-5-4-6-8-26)32-18-34(30(40)16-28(32)36)42-12-10-25(20-42)38(46)47/h4-8,13-18,24-25H,9-12,19-20H2,1-3H3,(H-,44,45,46,47)/p+1/t24-,25-/m0/s1. The minimum absolute atomic E-state index is 0.203. The number of nitrogens with zero attached hydrogens (tertiary/aromatic N) is 3. The molecule has 9 heteroatoms. The Morgan fingerprint density at radius 2 is 1.17 bits per heavy atom. The van der Waals surface area contributed by atoms with Crippen molar-refractivity contribution >= 4 is 45.1 Å². The lowest BCUT2D eigenvalue weighted by Gasteiger charge is -2.23. The maximum Gasteiger partial charge on any atom is 0.308 e. The fraction of sp³-hybridized carbons (Fsp3) is 0.289. The summed E-state index contributed by atoms with van der Waals surface area (Å²) >= 11 is 0. The number of benzene rings is 4. The number of carboxylic acid groups (broad SMARTS) is 2. The second-order valence-corrected chi connectivity index (χ2v) is 13.0. The van der Waals surface area contributed by atoms with Crippen molar-refractivity contribution in [2.75, 3.05) is 36.0 Å². The number of aromatic nitrogens is 1. The average molecular weight is 637 g/mol. The highest BCUT2D eigenvalue weighted by atomic mass is 19.1. The first-order valence-corrected chi connectivity index (χ1v) is 16.0. The van der Waals surface area contributed by atoms with Crippen LogP contribution in [-0.4, -0.2) is 48.3 Å². The van der Waals surface area contributed by atoms with Crippen LogP contribution in [0.25, 0.3) is 38.6 Å². The SMILES string of the molecule is Cc1cc(C)c(-c2c3cc(F)c(N4CC[C@H](C(=O)O)C4)cc3[n+](-c3ccccc3)c3cc(N4CC[C@H](C(=O)O)C4)c(F)cc23)c(C)c1. The zero-order valence-electron chi connectivity index (χ0n) is 26.6. The largest absolute Gasteiger partial charge is 0.481 e. The van der Waals surface area contributed by atoms with E-state index in [1.807, 2.05) is 55.7 Å². The van der Waals surface area contributed by atoms with Crippen LogP contribution in [-0.2, 0) is 9.59 Å².